The zero-order valence-corrected chi connectivity index (χ0v) is 9.87. The van der Waals surface area contributed by atoms with Crippen LogP contribution in [0.25, 0.3) is 0 Å². The van der Waals surface area contributed by atoms with Crippen LogP contribution in [0.1, 0.15) is 30.8 Å². The number of rotatable bonds is 2. The van der Waals surface area contributed by atoms with Crippen molar-refractivity contribution in [1.82, 2.24) is 10.1 Å². The summed E-state index contributed by atoms with van der Waals surface area (Å²) in [6.07, 6.45) is -0.365. The lowest BCUT2D eigenvalue weighted by atomic mass is 10.2. The predicted molar refractivity (Wildman–Crippen MR) is 62.2 cm³/mol. The molecule has 0 bridgehead atoms. The fourth-order valence-electron chi connectivity index (χ4n) is 1.71. The van der Waals surface area contributed by atoms with E-state index in [0.717, 1.165) is 5.75 Å². The monoisotopic (exact) mass is 247 g/mol. The predicted octanol–water partition coefficient (Wildman–Crippen LogP) is 1.60. The van der Waals surface area contributed by atoms with E-state index in [1.807, 2.05) is 24.3 Å². The molecule has 0 saturated heterocycles. The number of aromatic nitrogens is 2. The highest BCUT2D eigenvalue weighted by atomic mass is 16.6. The quantitative estimate of drug-likeness (QED) is 0.867. The maximum absolute atomic E-state index is 5.76. The van der Waals surface area contributed by atoms with Crippen molar-refractivity contribution in [1.29, 1.82) is 0 Å². The largest absolute Gasteiger partial charge is 0.485 e. The summed E-state index contributed by atoms with van der Waals surface area (Å²) in [5.74, 6) is 2.26. The van der Waals surface area contributed by atoms with Gasteiger partial charge in [0.1, 0.15) is 6.61 Å². The first-order valence-corrected chi connectivity index (χ1v) is 5.71. The zero-order valence-electron chi connectivity index (χ0n) is 9.87. The third kappa shape index (κ3) is 1.91. The molecule has 6 nitrogen and oxygen atoms in total. The minimum absolute atomic E-state index is 0.289. The van der Waals surface area contributed by atoms with Gasteiger partial charge in [-0.25, -0.2) is 0 Å². The van der Waals surface area contributed by atoms with Gasteiger partial charge in [0.05, 0.1) is 6.04 Å². The van der Waals surface area contributed by atoms with Crippen molar-refractivity contribution in [2.75, 3.05) is 6.61 Å². The first-order chi connectivity index (χ1) is 8.74. The molecule has 2 unspecified atom stereocenters. The molecule has 3 rings (SSSR count). The summed E-state index contributed by atoms with van der Waals surface area (Å²) in [5, 5.41) is 3.86. The fraction of sp³-hybridized carbons (Fsp3) is 0.333. The molecule has 2 heterocycles. The number of hydrogen-bond acceptors (Lipinski definition) is 6. The van der Waals surface area contributed by atoms with Crippen LogP contribution in [0, 0.1) is 0 Å². The lowest BCUT2D eigenvalue weighted by Gasteiger charge is -2.24. The average molecular weight is 247 g/mol. The first-order valence-electron chi connectivity index (χ1n) is 5.71. The van der Waals surface area contributed by atoms with Crippen LogP contribution in [0.4, 0.5) is 0 Å². The maximum Gasteiger partial charge on any atom is 0.243 e. The van der Waals surface area contributed by atoms with Crippen LogP contribution in [0.3, 0.4) is 0 Å². The van der Waals surface area contributed by atoms with Crippen LogP contribution >= 0.6 is 0 Å². The SMILES string of the molecule is CC(N)c1nc(C2COc3ccccc3O2)no1. The Morgan fingerprint density at radius 1 is 1.33 bits per heavy atom. The molecule has 0 spiro atoms. The van der Waals surface area contributed by atoms with Crippen LogP contribution in [0.2, 0.25) is 0 Å². The van der Waals surface area contributed by atoms with Crippen molar-refractivity contribution in [2.45, 2.75) is 19.1 Å². The minimum atomic E-state index is -0.365. The number of nitrogens with zero attached hydrogens (tertiary/aromatic N) is 2. The third-order valence-corrected chi connectivity index (χ3v) is 2.64. The molecule has 18 heavy (non-hydrogen) atoms. The van der Waals surface area contributed by atoms with Gasteiger partial charge < -0.3 is 19.7 Å². The normalized spacial score (nSPS) is 19.6. The molecule has 1 aromatic heterocycles. The van der Waals surface area contributed by atoms with Gasteiger partial charge in [0.25, 0.3) is 0 Å². The molecule has 0 radical (unpaired) electrons. The van der Waals surface area contributed by atoms with E-state index in [2.05, 4.69) is 10.1 Å². The molecule has 0 fully saturated rings. The molecule has 1 aliphatic rings. The van der Waals surface area contributed by atoms with E-state index < -0.39 is 0 Å². The Bertz CT molecular complexity index is 553. The molecule has 1 aromatic carbocycles. The van der Waals surface area contributed by atoms with Gasteiger partial charge in [0.2, 0.25) is 11.7 Å². The highest BCUT2D eigenvalue weighted by molar-refractivity contribution is 5.40. The van der Waals surface area contributed by atoms with Crippen molar-refractivity contribution in [3.63, 3.8) is 0 Å². The Labute approximate surface area is 104 Å². The van der Waals surface area contributed by atoms with Gasteiger partial charge >= 0.3 is 0 Å². The summed E-state index contributed by atoms with van der Waals surface area (Å²) in [4.78, 5) is 4.20. The van der Waals surface area contributed by atoms with E-state index in [1.54, 1.807) is 6.92 Å². The van der Waals surface area contributed by atoms with Gasteiger partial charge in [0.15, 0.2) is 17.6 Å². The van der Waals surface area contributed by atoms with Crippen LogP contribution in [-0.4, -0.2) is 16.7 Å². The standard InChI is InChI=1S/C12H13N3O3/c1-7(13)12-14-11(15-18-12)10-6-16-8-4-2-3-5-9(8)17-10/h2-5,7,10H,6,13H2,1H3. The van der Waals surface area contributed by atoms with E-state index in [0.29, 0.717) is 24.1 Å². The molecule has 2 aromatic rings. The average Bonchev–Trinajstić information content (AvgIpc) is 2.88. The summed E-state index contributed by atoms with van der Waals surface area (Å²) in [6, 6.07) is 7.19. The van der Waals surface area contributed by atoms with E-state index >= 15 is 0 Å². The number of fused-ring (bicyclic) bond motifs is 1. The number of para-hydroxylation sites is 2. The number of benzene rings is 1. The Kier molecular flexibility index (Phi) is 2.64. The Hall–Kier alpha value is -2.08. The molecule has 0 amide bonds. The van der Waals surface area contributed by atoms with Crippen molar-refractivity contribution < 1.29 is 14.0 Å². The summed E-state index contributed by atoms with van der Waals surface area (Å²) < 4.78 is 16.4. The van der Waals surface area contributed by atoms with E-state index in [4.69, 9.17) is 19.7 Å². The van der Waals surface area contributed by atoms with Gasteiger partial charge in [-0.2, -0.15) is 4.98 Å². The Balaban J connectivity index is 1.83. The highest BCUT2D eigenvalue weighted by Crippen LogP contribution is 2.35. The minimum Gasteiger partial charge on any atom is -0.485 e. The second kappa shape index (κ2) is 4.30. The molecule has 94 valence electrons. The second-order valence-corrected chi connectivity index (χ2v) is 4.14. The molecule has 2 N–H and O–H groups in total. The molecule has 0 aliphatic carbocycles. The first kappa shape index (κ1) is 11.0. The smallest absolute Gasteiger partial charge is 0.243 e. The lowest BCUT2D eigenvalue weighted by molar-refractivity contribution is 0.0832. The third-order valence-electron chi connectivity index (χ3n) is 2.64. The van der Waals surface area contributed by atoms with Gasteiger partial charge in [-0.05, 0) is 19.1 Å². The van der Waals surface area contributed by atoms with Crippen molar-refractivity contribution >= 4 is 0 Å². The molecular weight excluding hydrogens is 234 g/mol. The Morgan fingerprint density at radius 3 is 2.83 bits per heavy atom. The highest BCUT2D eigenvalue weighted by Gasteiger charge is 2.27. The van der Waals surface area contributed by atoms with Crippen molar-refractivity contribution in [3.05, 3.63) is 36.0 Å². The summed E-state index contributed by atoms with van der Waals surface area (Å²) in [5.41, 5.74) is 5.66. The Morgan fingerprint density at radius 2 is 2.11 bits per heavy atom. The molecule has 1 aliphatic heterocycles. The topological polar surface area (TPSA) is 83.4 Å². The molecule has 2 atom stereocenters. The molecule has 6 heteroatoms. The summed E-state index contributed by atoms with van der Waals surface area (Å²) in [6.45, 7) is 2.14. The number of nitrogens with two attached hydrogens (primary N) is 1. The van der Waals surface area contributed by atoms with Crippen molar-refractivity contribution in [2.24, 2.45) is 5.73 Å². The number of ether oxygens (including phenoxy) is 2. The van der Waals surface area contributed by atoms with Crippen molar-refractivity contribution in [3.8, 4) is 11.5 Å². The van der Waals surface area contributed by atoms with E-state index in [1.165, 1.54) is 0 Å². The zero-order chi connectivity index (χ0) is 12.5. The molecular formula is C12H13N3O3. The van der Waals surface area contributed by atoms with Gasteiger partial charge in [-0.1, -0.05) is 17.3 Å². The van der Waals surface area contributed by atoms with Gasteiger partial charge in [-0.15, -0.1) is 0 Å². The molecule has 0 saturated carbocycles. The van der Waals surface area contributed by atoms with Gasteiger partial charge in [0, 0.05) is 0 Å². The summed E-state index contributed by atoms with van der Waals surface area (Å²) in [7, 11) is 0. The van der Waals surface area contributed by atoms with Gasteiger partial charge in [-0.3, -0.25) is 0 Å². The van der Waals surface area contributed by atoms with Crippen LogP contribution in [0.5, 0.6) is 11.5 Å². The van der Waals surface area contributed by atoms with Crippen LogP contribution in [-0.2, 0) is 0 Å². The summed E-state index contributed by atoms with van der Waals surface area (Å²) >= 11 is 0. The second-order valence-electron chi connectivity index (χ2n) is 4.14. The van der Waals surface area contributed by atoms with E-state index in [-0.39, 0.29) is 12.1 Å². The number of hydrogen-bond donors (Lipinski definition) is 1. The van der Waals surface area contributed by atoms with Crippen LogP contribution < -0.4 is 15.2 Å². The lowest BCUT2D eigenvalue weighted by Crippen LogP contribution is -2.22. The fourth-order valence-corrected chi connectivity index (χ4v) is 1.71. The van der Waals surface area contributed by atoms with Crippen LogP contribution in [0.15, 0.2) is 28.8 Å². The maximum atomic E-state index is 5.76. The van der Waals surface area contributed by atoms with E-state index in [9.17, 15) is 0 Å².